The summed E-state index contributed by atoms with van der Waals surface area (Å²) in [6.45, 7) is 1.64. The van der Waals surface area contributed by atoms with Crippen molar-refractivity contribution in [1.29, 1.82) is 5.41 Å². The van der Waals surface area contributed by atoms with Crippen molar-refractivity contribution in [1.82, 2.24) is 20.3 Å². The van der Waals surface area contributed by atoms with E-state index in [1.54, 1.807) is 12.5 Å². The molecule has 2 aromatic heterocycles. The molecule has 24 heavy (non-hydrogen) atoms. The van der Waals surface area contributed by atoms with Crippen LogP contribution in [-0.4, -0.2) is 34.1 Å². The predicted molar refractivity (Wildman–Crippen MR) is 93.1 cm³/mol. The molecular formula is C16H19N7O. The van der Waals surface area contributed by atoms with Crippen molar-refractivity contribution in [2.45, 2.75) is 6.54 Å². The van der Waals surface area contributed by atoms with Crippen LogP contribution in [0.15, 0.2) is 42.9 Å². The minimum Gasteiger partial charge on any atom is -0.492 e. The number of hydrogen-bond acceptors (Lipinski definition) is 5. The molecule has 3 aromatic rings. The lowest BCUT2D eigenvalue weighted by molar-refractivity contribution is 0.322. The maximum atomic E-state index is 7.05. The zero-order valence-corrected chi connectivity index (χ0v) is 13.0. The Kier molecular flexibility index (Phi) is 4.76. The molecule has 0 fully saturated rings. The van der Waals surface area contributed by atoms with E-state index in [0.717, 1.165) is 22.5 Å². The second-order valence-electron chi connectivity index (χ2n) is 5.18. The molecule has 0 aliphatic heterocycles. The summed E-state index contributed by atoms with van der Waals surface area (Å²) in [5.74, 6) is 0.729. The van der Waals surface area contributed by atoms with E-state index in [4.69, 9.17) is 15.9 Å². The van der Waals surface area contributed by atoms with E-state index in [-0.39, 0.29) is 5.96 Å². The van der Waals surface area contributed by atoms with Crippen molar-refractivity contribution in [3.05, 3.63) is 48.4 Å². The van der Waals surface area contributed by atoms with Gasteiger partial charge in [-0.3, -0.25) is 5.41 Å². The number of pyridine rings is 1. The number of imidazole rings is 1. The Morgan fingerprint density at radius 2 is 2.08 bits per heavy atom. The third kappa shape index (κ3) is 4.13. The number of nitrogens with zero attached hydrogens (tertiary/aromatic N) is 2. The van der Waals surface area contributed by atoms with Crippen molar-refractivity contribution < 1.29 is 4.74 Å². The predicted octanol–water partition coefficient (Wildman–Crippen LogP) is 1.43. The molecule has 3 rings (SSSR count). The maximum absolute atomic E-state index is 7.05. The first-order chi connectivity index (χ1) is 11.7. The van der Waals surface area contributed by atoms with Gasteiger partial charge in [-0.05, 0) is 23.8 Å². The lowest BCUT2D eigenvalue weighted by atomic mass is 10.2. The van der Waals surface area contributed by atoms with Gasteiger partial charge in [-0.15, -0.1) is 0 Å². The summed E-state index contributed by atoms with van der Waals surface area (Å²) in [4.78, 5) is 11.4. The SMILES string of the molecule is N=C(N)NCCOc1ccc(CNc2cnc3nc[nH]c3c2)cc1. The van der Waals surface area contributed by atoms with E-state index in [0.29, 0.717) is 25.3 Å². The number of ether oxygens (including phenoxy) is 1. The van der Waals surface area contributed by atoms with Crippen molar-refractivity contribution in [2.24, 2.45) is 5.73 Å². The third-order valence-corrected chi connectivity index (χ3v) is 3.38. The van der Waals surface area contributed by atoms with Gasteiger partial charge in [0, 0.05) is 6.54 Å². The molecule has 0 radical (unpaired) electrons. The number of aromatic amines is 1. The van der Waals surface area contributed by atoms with Crippen LogP contribution < -0.4 is 21.1 Å². The average Bonchev–Trinajstić information content (AvgIpc) is 3.05. The van der Waals surface area contributed by atoms with Gasteiger partial charge in [-0.1, -0.05) is 12.1 Å². The van der Waals surface area contributed by atoms with Crippen LogP contribution in [0.25, 0.3) is 11.2 Å². The normalized spacial score (nSPS) is 10.5. The highest BCUT2D eigenvalue weighted by Crippen LogP contribution is 2.16. The van der Waals surface area contributed by atoms with Gasteiger partial charge in [-0.25, -0.2) is 9.97 Å². The molecule has 0 amide bonds. The van der Waals surface area contributed by atoms with E-state index in [9.17, 15) is 0 Å². The minimum absolute atomic E-state index is 0.0529. The summed E-state index contributed by atoms with van der Waals surface area (Å²) < 4.78 is 5.56. The molecule has 8 heteroatoms. The molecule has 0 saturated carbocycles. The first-order valence-electron chi connectivity index (χ1n) is 7.53. The number of H-pyrrole nitrogens is 1. The second kappa shape index (κ2) is 7.32. The van der Waals surface area contributed by atoms with Crippen LogP contribution in [0, 0.1) is 5.41 Å². The van der Waals surface area contributed by atoms with E-state index in [1.165, 1.54) is 0 Å². The number of benzene rings is 1. The summed E-state index contributed by atoms with van der Waals surface area (Å²) in [5.41, 5.74) is 8.88. The van der Waals surface area contributed by atoms with Gasteiger partial charge in [0.2, 0.25) is 0 Å². The summed E-state index contributed by atoms with van der Waals surface area (Å²) in [7, 11) is 0. The Labute approximate surface area is 139 Å². The summed E-state index contributed by atoms with van der Waals surface area (Å²) in [5, 5.41) is 13.1. The van der Waals surface area contributed by atoms with Crippen molar-refractivity contribution in [3.8, 4) is 5.75 Å². The fourth-order valence-electron chi connectivity index (χ4n) is 2.19. The van der Waals surface area contributed by atoms with Gasteiger partial charge in [0.05, 0.1) is 30.3 Å². The second-order valence-corrected chi connectivity index (χ2v) is 5.18. The zero-order valence-electron chi connectivity index (χ0n) is 13.0. The van der Waals surface area contributed by atoms with Crippen molar-refractivity contribution >= 4 is 22.8 Å². The molecule has 0 atom stereocenters. The van der Waals surface area contributed by atoms with Crippen LogP contribution in [0.4, 0.5) is 5.69 Å². The van der Waals surface area contributed by atoms with Crippen LogP contribution in [-0.2, 0) is 6.54 Å². The monoisotopic (exact) mass is 325 g/mol. The Morgan fingerprint density at radius 1 is 1.25 bits per heavy atom. The Balaban J connectivity index is 1.49. The topological polar surface area (TPSA) is 125 Å². The summed E-state index contributed by atoms with van der Waals surface area (Å²) in [6, 6.07) is 9.82. The molecule has 1 aromatic carbocycles. The number of aromatic nitrogens is 3. The van der Waals surface area contributed by atoms with Gasteiger partial charge >= 0.3 is 0 Å². The van der Waals surface area contributed by atoms with Crippen LogP contribution in [0.5, 0.6) is 5.75 Å². The smallest absolute Gasteiger partial charge is 0.185 e. The molecule has 124 valence electrons. The number of nitrogens with two attached hydrogens (primary N) is 1. The van der Waals surface area contributed by atoms with Crippen LogP contribution in [0.3, 0.4) is 0 Å². The molecule has 0 aliphatic carbocycles. The Hall–Kier alpha value is -3.29. The number of fused-ring (bicyclic) bond motifs is 1. The first kappa shape index (κ1) is 15.6. The highest BCUT2D eigenvalue weighted by Gasteiger charge is 2.00. The third-order valence-electron chi connectivity index (χ3n) is 3.38. The first-order valence-corrected chi connectivity index (χ1v) is 7.53. The quantitative estimate of drug-likeness (QED) is 0.254. The average molecular weight is 325 g/mol. The number of anilines is 1. The highest BCUT2D eigenvalue weighted by atomic mass is 16.5. The molecule has 0 bridgehead atoms. The maximum Gasteiger partial charge on any atom is 0.185 e. The van der Waals surface area contributed by atoms with Gasteiger partial charge in [0.25, 0.3) is 0 Å². The number of hydrogen-bond donors (Lipinski definition) is 5. The number of rotatable bonds is 7. The molecular weight excluding hydrogens is 306 g/mol. The fraction of sp³-hybridized carbons (Fsp3) is 0.188. The van der Waals surface area contributed by atoms with Gasteiger partial charge in [-0.2, -0.15) is 0 Å². The van der Waals surface area contributed by atoms with Gasteiger partial charge in [0.1, 0.15) is 12.4 Å². The molecule has 0 unspecified atom stereocenters. The van der Waals surface area contributed by atoms with Gasteiger partial charge < -0.3 is 26.1 Å². The standard InChI is InChI=1S/C16H19N7O/c17-16(18)19-5-6-24-13-3-1-11(2-4-13)8-20-12-7-14-15(21-9-12)23-10-22-14/h1-4,7,9-10,20H,5-6,8H2,(H4,17,18,19)(H,21,22,23). The van der Waals surface area contributed by atoms with E-state index in [2.05, 4.69) is 25.6 Å². The molecule has 0 saturated heterocycles. The fourth-order valence-corrected chi connectivity index (χ4v) is 2.19. The Morgan fingerprint density at radius 3 is 2.88 bits per heavy atom. The lowest BCUT2D eigenvalue weighted by Gasteiger charge is -2.09. The number of nitrogens with one attached hydrogen (secondary N) is 4. The molecule has 0 spiro atoms. The summed E-state index contributed by atoms with van der Waals surface area (Å²) in [6.07, 6.45) is 3.40. The molecule has 6 N–H and O–H groups in total. The van der Waals surface area contributed by atoms with E-state index >= 15 is 0 Å². The molecule has 8 nitrogen and oxygen atoms in total. The minimum atomic E-state index is -0.0529. The van der Waals surface area contributed by atoms with Crippen LogP contribution >= 0.6 is 0 Å². The van der Waals surface area contributed by atoms with Crippen LogP contribution in [0.1, 0.15) is 5.56 Å². The zero-order chi connectivity index (χ0) is 16.8. The van der Waals surface area contributed by atoms with E-state index < -0.39 is 0 Å². The summed E-state index contributed by atoms with van der Waals surface area (Å²) >= 11 is 0. The highest BCUT2D eigenvalue weighted by molar-refractivity contribution is 5.74. The molecule has 2 heterocycles. The lowest BCUT2D eigenvalue weighted by Crippen LogP contribution is -2.33. The van der Waals surface area contributed by atoms with E-state index in [1.807, 2.05) is 30.3 Å². The molecule has 0 aliphatic rings. The van der Waals surface area contributed by atoms with Crippen LogP contribution in [0.2, 0.25) is 0 Å². The largest absolute Gasteiger partial charge is 0.492 e. The van der Waals surface area contributed by atoms with Crippen molar-refractivity contribution in [3.63, 3.8) is 0 Å². The Bertz CT molecular complexity index is 813. The van der Waals surface area contributed by atoms with Crippen molar-refractivity contribution in [2.75, 3.05) is 18.5 Å². The van der Waals surface area contributed by atoms with Gasteiger partial charge in [0.15, 0.2) is 11.6 Å². The number of guanidine groups is 1.